The van der Waals surface area contributed by atoms with E-state index in [9.17, 15) is 0 Å². The van der Waals surface area contributed by atoms with E-state index in [1.54, 1.807) is 0 Å². The summed E-state index contributed by atoms with van der Waals surface area (Å²) in [5.74, 6) is 0. The molecule has 0 bridgehead atoms. The summed E-state index contributed by atoms with van der Waals surface area (Å²) in [7, 11) is 0. The highest BCUT2D eigenvalue weighted by Crippen LogP contribution is 2.63. The summed E-state index contributed by atoms with van der Waals surface area (Å²) in [4.78, 5) is 19.7. The van der Waals surface area contributed by atoms with Gasteiger partial charge in [0, 0.05) is 51.3 Å². The lowest BCUT2D eigenvalue weighted by molar-refractivity contribution is 0.794. The monoisotopic (exact) mass is 672 g/mol. The van der Waals surface area contributed by atoms with Crippen molar-refractivity contribution < 1.29 is 0 Å². The zero-order valence-electron chi connectivity index (χ0n) is 28.5. The normalized spacial score (nSPS) is 15.2. The van der Waals surface area contributed by atoms with Gasteiger partial charge in [-0.15, -0.1) is 0 Å². The van der Waals surface area contributed by atoms with Gasteiger partial charge in [-0.2, -0.15) is 0 Å². The van der Waals surface area contributed by atoms with E-state index in [1.165, 1.54) is 44.5 Å². The van der Waals surface area contributed by atoms with Gasteiger partial charge in [0.05, 0.1) is 33.4 Å². The summed E-state index contributed by atoms with van der Waals surface area (Å²) in [5.41, 5.74) is 16.6. The molecule has 0 saturated carbocycles. The molecule has 10 aromatic rings. The van der Waals surface area contributed by atoms with Crippen LogP contribution in [0.4, 0.5) is 0 Å². The van der Waals surface area contributed by atoms with E-state index in [0.29, 0.717) is 0 Å². The molecule has 0 amide bonds. The Labute approximate surface area is 305 Å². The summed E-state index contributed by atoms with van der Waals surface area (Å²) in [6.07, 6.45) is 5.69. The topological polar surface area (TPSA) is 51.6 Å². The first-order valence-electron chi connectivity index (χ1n) is 18.0. The van der Waals surface area contributed by atoms with Gasteiger partial charge in [-0.05, 0) is 86.3 Å². The molecule has 0 fully saturated rings. The van der Waals surface area contributed by atoms with E-state index >= 15 is 0 Å². The minimum absolute atomic E-state index is 0.508. The van der Waals surface area contributed by atoms with Crippen LogP contribution in [0.3, 0.4) is 0 Å². The quantitative estimate of drug-likeness (QED) is 0.172. The molecule has 0 radical (unpaired) electrons. The van der Waals surface area contributed by atoms with E-state index in [0.717, 1.165) is 66.0 Å². The Morgan fingerprint density at radius 1 is 0.358 bits per heavy atom. The summed E-state index contributed by atoms with van der Waals surface area (Å²) in [5, 5.41) is 5.49. The van der Waals surface area contributed by atoms with Crippen molar-refractivity contribution in [1.82, 2.24) is 19.9 Å². The predicted octanol–water partition coefficient (Wildman–Crippen LogP) is 11.6. The first kappa shape index (κ1) is 28.6. The molecule has 4 aromatic heterocycles. The first-order valence-corrected chi connectivity index (χ1v) is 18.0. The maximum absolute atomic E-state index is 5.27. The van der Waals surface area contributed by atoms with Crippen molar-refractivity contribution >= 4 is 43.5 Å². The molecule has 4 heterocycles. The number of benzene rings is 6. The molecule has 2 aliphatic rings. The highest BCUT2D eigenvalue weighted by molar-refractivity contribution is 6.06. The van der Waals surface area contributed by atoms with Crippen molar-refractivity contribution in [2.75, 3.05) is 0 Å². The molecule has 12 rings (SSSR count). The van der Waals surface area contributed by atoms with Crippen LogP contribution < -0.4 is 0 Å². The Kier molecular flexibility index (Phi) is 5.67. The van der Waals surface area contributed by atoms with Crippen LogP contribution in [0, 0.1) is 0 Å². The molecule has 0 N–H and O–H groups in total. The fourth-order valence-electron chi connectivity index (χ4n) is 9.26. The maximum atomic E-state index is 5.27. The van der Waals surface area contributed by atoms with Gasteiger partial charge in [0.25, 0.3) is 0 Å². The smallest absolute Gasteiger partial charge is 0.0972 e. The molecule has 0 saturated heterocycles. The summed E-state index contributed by atoms with van der Waals surface area (Å²) >= 11 is 0. The van der Waals surface area contributed by atoms with Gasteiger partial charge in [-0.25, -0.2) is 4.98 Å². The molecule has 53 heavy (non-hydrogen) atoms. The molecule has 1 atom stereocenters. The Hall–Kier alpha value is -7.04. The number of hydrogen-bond donors (Lipinski definition) is 0. The number of fused-ring (bicyclic) bond motifs is 16. The average Bonchev–Trinajstić information content (AvgIpc) is 3.70. The van der Waals surface area contributed by atoms with Crippen LogP contribution in [-0.2, 0) is 5.41 Å². The Bertz CT molecular complexity index is 3190. The molecule has 1 unspecified atom stereocenters. The minimum Gasteiger partial charge on any atom is -0.256 e. The molecule has 6 aromatic carbocycles. The molecular weight excluding hydrogens is 645 g/mol. The molecule has 244 valence electrons. The highest BCUT2D eigenvalue weighted by atomic mass is 14.8. The van der Waals surface area contributed by atoms with Gasteiger partial charge in [-0.3, -0.25) is 15.0 Å². The van der Waals surface area contributed by atoms with Gasteiger partial charge in [0.1, 0.15) is 0 Å². The average molecular weight is 673 g/mol. The van der Waals surface area contributed by atoms with Crippen LogP contribution in [0.5, 0.6) is 0 Å². The summed E-state index contributed by atoms with van der Waals surface area (Å²) < 4.78 is 0. The van der Waals surface area contributed by atoms with Crippen LogP contribution in [0.25, 0.3) is 88.2 Å². The lowest BCUT2D eigenvalue weighted by Crippen LogP contribution is -2.26. The lowest BCUT2D eigenvalue weighted by Gasteiger charge is -2.31. The lowest BCUT2D eigenvalue weighted by atomic mass is 9.70. The summed E-state index contributed by atoms with van der Waals surface area (Å²) in [6.45, 7) is 0. The fraction of sp³-hybridized carbons (Fsp3) is 0.0204. The van der Waals surface area contributed by atoms with Gasteiger partial charge < -0.3 is 0 Å². The number of hydrogen-bond acceptors (Lipinski definition) is 4. The number of rotatable bonds is 2. The second kappa shape index (κ2) is 10.5. The standard InChI is InChI=1S/C49H28N4/c1-3-11-40-35(9-1)37-20-17-33(44-22-19-31-14-13-30-8-6-24-51-47(30)48(31)53-44)25-42(37)49(40)41-12-4-2-10-36(41)38-21-18-34(26-43(38)49)45-27-32-16-15-29-7-5-23-50-46(29)39(32)28-52-45/h1-28H. The van der Waals surface area contributed by atoms with Crippen LogP contribution in [0.2, 0.25) is 0 Å². The SMILES string of the molecule is c1ccc2c(c1)-c1ccc(-c3cc4ccc5cccnc5c4cn3)cc1C21c2ccccc2-c2ccc(-c3ccc4ccc5cccnc5c4n3)cc21. The Morgan fingerprint density at radius 2 is 0.906 bits per heavy atom. The van der Waals surface area contributed by atoms with Gasteiger partial charge >= 0.3 is 0 Å². The van der Waals surface area contributed by atoms with E-state index < -0.39 is 5.41 Å². The second-order valence-electron chi connectivity index (χ2n) is 14.2. The fourth-order valence-corrected chi connectivity index (χ4v) is 9.26. The Balaban J connectivity index is 1.10. The zero-order chi connectivity index (χ0) is 34.7. The van der Waals surface area contributed by atoms with Crippen molar-refractivity contribution in [3.8, 4) is 44.8 Å². The van der Waals surface area contributed by atoms with Gasteiger partial charge in [0.2, 0.25) is 0 Å². The third-order valence-corrected chi connectivity index (χ3v) is 11.6. The van der Waals surface area contributed by atoms with Crippen LogP contribution >= 0.6 is 0 Å². The Morgan fingerprint density at radius 3 is 1.60 bits per heavy atom. The molecule has 0 aliphatic heterocycles. The van der Waals surface area contributed by atoms with Crippen LogP contribution in [0.1, 0.15) is 22.3 Å². The van der Waals surface area contributed by atoms with E-state index in [4.69, 9.17) is 15.0 Å². The number of nitrogens with zero attached hydrogens (tertiary/aromatic N) is 4. The molecule has 1 spiro atoms. The van der Waals surface area contributed by atoms with Crippen molar-refractivity contribution in [1.29, 1.82) is 0 Å². The highest BCUT2D eigenvalue weighted by Gasteiger charge is 2.51. The van der Waals surface area contributed by atoms with Crippen molar-refractivity contribution in [3.05, 3.63) is 193 Å². The van der Waals surface area contributed by atoms with Gasteiger partial charge in [0.15, 0.2) is 0 Å². The molecule has 4 nitrogen and oxygen atoms in total. The third-order valence-electron chi connectivity index (χ3n) is 11.6. The van der Waals surface area contributed by atoms with Crippen molar-refractivity contribution in [2.24, 2.45) is 0 Å². The first-order chi connectivity index (χ1) is 26.3. The van der Waals surface area contributed by atoms with E-state index in [2.05, 4.69) is 145 Å². The zero-order valence-corrected chi connectivity index (χ0v) is 28.5. The van der Waals surface area contributed by atoms with Crippen LogP contribution in [0.15, 0.2) is 170 Å². The molecule has 4 heteroatoms. The molecule has 2 aliphatic carbocycles. The third kappa shape index (κ3) is 3.84. The van der Waals surface area contributed by atoms with Crippen LogP contribution in [-0.4, -0.2) is 19.9 Å². The van der Waals surface area contributed by atoms with Gasteiger partial charge in [-0.1, -0.05) is 115 Å². The number of aromatic nitrogens is 4. The van der Waals surface area contributed by atoms with E-state index in [-0.39, 0.29) is 0 Å². The molecular formula is C49H28N4. The second-order valence-corrected chi connectivity index (χ2v) is 14.2. The maximum Gasteiger partial charge on any atom is 0.0972 e. The minimum atomic E-state index is -0.508. The van der Waals surface area contributed by atoms with E-state index in [1.807, 2.05) is 30.7 Å². The predicted molar refractivity (Wildman–Crippen MR) is 215 cm³/mol. The largest absolute Gasteiger partial charge is 0.256 e. The van der Waals surface area contributed by atoms with Crippen molar-refractivity contribution in [3.63, 3.8) is 0 Å². The summed E-state index contributed by atoms with van der Waals surface area (Å²) in [6, 6.07) is 55.0. The van der Waals surface area contributed by atoms with Crippen molar-refractivity contribution in [2.45, 2.75) is 5.41 Å². The number of pyridine rings is 4.